The lowest BCUT2D eigenvalue weighted by Crippen LogP contribution is -2.20. The lowest BCUT2D eigenvalue weighted by molar-refractivity contribution is 0.522. The second-order valence-corrected chi connectivity index (χ2v) is 4.79. The van der Waals surface area contributed by atoms with Crippen molar-refractivity contribution in [2.45, 2.75) is 25.8 Å². The number of rotatable bonds is 5. The van der Waals surface area contributed by atoms with Gasteiger partial charge in [0.2, 0.25) is 0 Å². The van der Waals surface area contributed by atoms with Crippen LogP contribution in [0.1, 0.15) is 31.4 Å². The van der Waals surface area contributed by atoms with Crippen molar-refractivity contribution in [2.24, 2.45) is 0 Å². The van der Waals surface area contributed by atoms with E-state index < -0.39 is 0 Å². The number of halogens is 2. The quantitative estimate of drug-likeness (QED) is 0.805. The highest BCUT2D eigenvalue weighted by atomic mass is 79.9. The Hall–Kier alpha value is -0.490. The van der Waals surface area contributed by atoms with Gasteiger partial charge in [0.25, 0.3) is 0 Å². The Morgan fingerprint density at radius 1 is 1.56 bits per heavy atom. The summed E-state index contributed by atoms with van der Waals surface area (Å²) in [5.41, 5.74) is 1.22. The first-order chi connectivity index (χ1) is 7.69. The van der Waals surface area contributed by atoms with Gasteiger partial charge < -0.3 is 5.32 Å². The summed E-state index contributed by atoms with van der Waals surface area (Å²) in [4.78, 5) is 0. The highest BCUT2D eigenvalue weighted by molar-refractivity contribution is 9.10. The van der Waals surface area contributed by atoms with E-state index in [0.717, 1.165) is 28.9 Å². The summed E-state index contributed by atoms with van der Waals surface area (Å²) >= 11 is 9.40. The van der Waals surface area contributed by atoms with E-state index in [0.29, 0.717) is 6.04 Å². The molecule has 0 amide bonds. The molecular weight excluding hydrogens is 286 g/mol. The summed E-state index contributed by atoms with van der Waals surface area (Å²) in [5.74, 6) is 2.67. The van der Waals surface area contributed by atoms with Crippen molar-refractivity contribution in [3.63, 3.8) is 0 Å². The van der Waals surface area contributed by atoms with Gasteiger partial charge in [0.05, 0.1) is 5.02 Å². The molecule has 86 valence electrons. The van der Waals surface area contributed by atoms with Crippen LogP contribution in [-0.4, -0.2) is 6.54 Å². The van der Waals surface area contributed by atoms with Crippen LogP contribution in [0.4, 0.5) is 0 Å². The first kappa shape index (κ1) is 13.6. The van der Waals surface area contributed by atoms with Crippen molar-refractivity contribution < 1.29 is 0 Å². The van der Waals surface area contributed by atoms with Crippen LogP contribution in [0.15, 0.2) is 22.7 Å². The van der Waals surface area contributed by atoms with E-state index in [9.17, 15) is 0 Å². The maximum atomic E-state index is 5.97. The average molecular weight is 301 g/mol. The van der Waals surface area contributed by atoms with Gasteiger partial charge in [0.15, 0.2) is 0 Å². The van der Waals surface area contributed by atoms with Gasteiger partial charge in [-0.05, 0) is 46.6 Å². The Bertz CT molecular complexity index is 384. The lowest BCUT2D eigenvalue weighted by atomic mass is 10.0. The average Bonchev–Trinajstić information content (AvgIpc) is 2.28. The minimum atomic E-state index is 0.301. The van der Waals surface area contributed by atoms with E-state index in [1.165, 1.54) is 5.56 Å². The van der Waals surface area contributed by atoms with Crippen LogP contribution in [-0.2, 0) is 0 Å². The van der Waals surface area contributed by atoms with Crippen LogP contribution in [0.5, 0.6) is 0 Å². The molecule has 1 aromatic carbocycles. The molecule has 1 rings (SSSR count). The number of terminal acetylenes is 1. The lowest BCUT2D eigenvalue weighted by Gasteiger charge is -2.17. The predicted molar refractivity (Wildman–Crippen MR) is 73.6 cm³/mol. The fourth-order valence-electron chi connectivity index (χ4n) is 1.59. The van der Waals surface area contributed by atoms with Crippen LogP contribution >= 0.6 is 27.5 Å². The Kier molecular flexibility index (Phi) is 5.90. The Morgan fingerprint density at radius 3 is 2.88 bits per heavy atom. The van der Waals surface area contributed by atoms with Crippen molar-refractivity contribution in [1.82, 2.24) is 5.32 Å². The third-order valence-corrected chi connectivity index (χ3v) is 3.59. The molecule has 0 fully saturated rings. The van der Waals surface area contributed by atoms with Gasteiger partial charge in [-0.2, -0.15) is 0 Å². The second kappa shape index (κ2) is 6.96. The van der Waals surface area contributed by atoms with E-state index in [2.05, 4.69) is 34.1 Å². The molecule has 1 atom stereocenters. The fourth-order valence-corrected chi connectivity index (χ4v) is 2.10. The van der Waals surface area contributed by atoms with Crippen LogP contribution in [0.2, 0.25) is 5.02 Å². The SMILES string of the molecule is C#CCCC(NCC)c1ccc(Cl)c(Br)c1. The summed E-state index contributed by atoms with van der Waals surface area (Å²) in [6.07, 6.45) is 7.02. The molecule has 0 aliphatic carbocycles. The molecule has 0 saturated carbocycles. The maximum absolute atomic E-state index is 5.97. The van der Waals surface area contributed by atoms with Crippen molar-refractivity contribution in [2.75, 3.05) is 6.54 Å². The smallest absolute Gasteiger partial charge is 0.0548 e. The predicted octanol–water partition coefficient (Wildman–Crippen LogP) is 4.17. The molecule has 0 saturated heterocycles. The number of hydrogen-bond donors (Lipinski definition) is 1. The molecule has 1 aromatic rings. The van der Waals surface area contributed by atoms with Gasteiger partial charge in [0.1, 0.15) is 0 Å². The molecule has 16 heavy (non-hydrogen) atoms. The van der Waals surface area contributed by atoms with Crippen LogP contribution in [0, 0.1) is 12.3 Å². The minimum absolute atomic E-state index is 0.301. The summed E-state index contributed by atoms with van der Waals surface area (Å²) < 4.78 is 0.926. The second-order valence-electron chi connectivity index (χ2n) is 3.53. The summed E-state index contributed by atoms with van der Waals surface area (Å²) in [6, 6.07) is 6.29. The van der Waals surface area contributed by atoms with Crippen LogP contribution in [0.25, 0.3) is 0 Å². The summed E-state index contributed by atoms with van der Waals surface area (Å²) in [7, 11) is 0. The fraction of sp³-hybridized carbons (Fsp3) is 0.385. The Morgan fingerprint density at radius 2 is 2.31 bits per heavy atom. The topological polar surface area (TPSA) is 12.0 Å². The van der Waals surface area contributed by atoms with Crippen molar-refractivity contribution >= 4 is 27.5 Å². The van der Waals surface area contributed by atoms with Gasteiger partial charge in [-0.15, -0.1) is 12.3 Å². The van der Waals surface area contributed by atoms with Crippen molar-refractivity contribution in [3.8, 4) is 12.3 Å². The molecule has 0 aliphatic rings. The minimum Gasteiger partial charge on any atom is -0.310 e. The Balaban J connectivity index is 2.83. The van der Waals surface area contributed by atoms with E-state index in [4.69, 9.17) is 18.0 Å². The maximum Gasteiger partial charge on any atom is 0.0548 e. The largest absolute Gasteiger partial charge is 0.310 e. The van der Waals surface area contributed by atoms with Crippen molar-refractivity contribution in [3.05, 3.63) is 33.3 Å². The van der Waals surface area contributed by atoms with Gasteiger partial charge >= 0.3 is 0 Å². The van der Waals surface area contributed by atoms with E-state index >= 15 is 0 Å². The van der Waals surface area contributed by atoms with E-state index in [1.54, 1.807) is 0 Å². The van der Waals surface area contributed by atoms with Gasteiger partial charge in [-0.3, -0.25) is 0 Å². The van der Waals surface area contributed by atoms with E-state index in [1.807, 2.05) is 18.2 Å². The zero-order valence-corrected chi connectivity index (χ0v) is 11.6. The molecule has 1 unspecified atom stereocenters. The molecule has 1 nitrogen and oxygen atoms in total. The number of hydrogen-bond acceptors (Lipinski definition) is 1. The van der Waals surface area contributed by atoms with Crippen LogP contribution < -0.4 is 5.32 Å². The van der Waals surface area contributed by atoms with Gasteiger partial charge in [0, 0.05) is 16.9 Å². The number of benzene rings is 1. The summed E-state index contributed by atoms with van der Waals surface area (Å²) in [6.45, 7) is 3.02. The molecule has 0 aliphatic heterocycles. The first-order valence-electron chi connectivity index (χ1n) is 5.30. The molecule has 3 heteroatoms. The van der Waals surface area contributed by atoms with Crippen LogP contribution in [0.3, 0.4) is 0 Å². The zero-order valence-electron chi connectivity index (χ0n) is 9.26. The molecular formula is C13H15BrClN. The van der Waals surface area contributed by atoms with Crippen molar-refractivity contribution in [1.29, 1.82) is 0 Å². The monoisotopic (exact) mass is 299 g/mol. The zero-order chi connectivity index (χ0) is 12.0. The molecule has 0 heterocycles. The molecule has 0 aromatic heterocycles. The molecule has 0 radical (unpaired) electrons. The molecule has 0 spiro atoms. The Labute approximate surface area is 111 Å². The third kappa shape index (κ3) is 3.83. The highest BCUT2D eigenvalue weighted by Gasteiger charge is 2.10. The van der Waals surface area contributed by atoms with Gasteiger partial charge in [-0.1, -0.05) is 24.6 Å². The number of nitrogens with one attached hydrogen (secondary N) is 1. The van der Waals surface area contributed by atoms with E-state index in [-0.39, 0.29) is 0 Å². The van der Waals surface area contributed by atoms with Gasteiger partial charge in [-0.25, -0.2) is 0 Å². The third-order valence-electron chi connectivity index (χ3n) is 2.37. The first-order valence-corrected chi connectivity index (χ1v) is 6.48. The highest BCUT2D eigenvalue weighted by Crippen LogP contribution is 2.27. The standard InChI is InChI=1S/C13H15BrClN/c1-3-5-6-13(16-4-2)10-7-8-12(15)11(14)9-10/h1,7-9,13,16H,4-6H2,2H3. The summed E-state index contributed by atoms with van der Waals surface area (Å²) in [5, 5.41) is 4.15. The molecule has 1 N–H and O–H groups in total. The normalized spacial score (nSPS) is 12.1. The molecule has 0 bridgehead atoms.